The highest BCUT2D eigenvalue weighted by atomic mass is 79.9. The van der Waals surface area contributed by atoms with Gasteiger partial charge in [-0.15, -0.1) is 0 Å². The Hall–Kier alpha value is -2.48. The van der Waals surface area contributed by atoms with Gasteiger partial charge in [-0.1, -0.05) is 40.2 Å². The number of furan rings is 1. The molecule has 0 bridgehead atoms. The van der Waals surface area contributed by atoms with Gasteiger partial charge in [0.15, 0.2) is 10.9 Å². The van der Waals surface area contributed by atoms with E-state index in [0.29, 0.717) is 5.76 Å². The lowest BCUT2D eigenvalue weighted by Gasteiger charge is -2.15. The maximum Gasteiger partial charge on any atom is 0.293 e. The molecule has 1 aliphatic rings. The number of likely N-dealkylation sites (tertiary alicyclic amines) is 1. The molecule has 4 rings (SSSR count). The van der Waals surface area contributed by atoms with E-state index in [-0.39, 0.29) is 16.8 Å². The van der Waals surface area contributed by atoms with E-state index in [1.165, 1.54) is 31.5 Å². The van der Waals surface area contributed by atoms with Gasteiger partial charge in [-0.05, 0) is 80.1 Å². The van der Waals surface area contributed by atoms with Crippen molar-refractivity contribution in [1.29, 1.82) is 0 Å². The van der Waals surface area contributed by atoms with Crippen LogP contribution in [0.4, 0.5) is 5.69 Å². The second kappa shape index (κ2) is 9.55. The fourth-order valence-corrected chi connectivity index (χ4v) is 3.92. The molecule has 5 nitrogen and oxygen atoms in total. The molecule has 0 spiro atoms. The summed E-state index contributed by atoms with van der Waals surface area (Å²) in [6.45, 7) is 3.32. The molecular weight excluding hydrogens is 462 g/mol. The SMILES string of the molecule is O=C(NC(=S)Nc1ccc(CN2CCCC2)cc1)c1ccc(-c2ccc(Br)cc2)o1. The Morgan fingerprint density at radius 3 is 2.40 bits per heavy atom. The lowest BCUT2D eigenvalue weighted by atomic mass is 10.2. The number of thiocarbonyl (C=S) groups is 1. The minimum absolute atomic E-state index is 0.207. The molecule has 1 saturated heterocycles. The molecule has 30 heavy (non-hydrogen) atoms. The van der Waals surface area contributed by atoms with Crippen molar-refractivity contribution in [2.75, 3.05) is 18.4 Å². The molecule has 0 aliphatic carbocycles. The summed E-state index contributed by atoms with van der Waals surface area (Å²) in [5, 5.41) is 5.94. The van der Waals surface area contributed by atoms with Crippen LogP contribution in [0.1, 0.15) is 29.0 Å². The third kappa shape index (κ3) is 5.36. The molecular formula is C23H22BrN3O2S. The zero-order valence-corrected chi connectivity index (χ0v) is 18.8. The van der Waals surface area contributed by atoms with Crippen LogP contribution in [0.3, 0.4) is 0 Å². The van der Waals surface area contributed by atoms with Gasteiger partial charge in [0.05, 0.1) is 0 Å². The average Bonchev–Trinajstić information content (AvgIpc) is 3.42. The summed E-state index contributed by atoms with van der Waals surface area (Å²) in [5.74, 6) is 0.444. The first-order chi connectivity index (χ1) is 14.6. The van der Waals surface area contributed by atoms with Crippen molar-refractivity contribution >= 4 is 44.9 Å². The van der Waals surface area contributed by atoms with Crippen LogP contribution in [0.25, 0.3) is 11.3 Å². The normalized spacial score (nSPS) is 13.9. The number of nitrogens with one attached hydrogen (secondary N) is 2. The van der Waals surface area contributed by atoms with E-state index in [1.54, 1.807) is 12.1 Å². The van der Waals surface area contributed by atoms with Gasteiger partial charge in [0, 0.05) is 22.3 Å². The Kier molecular flexibility index (Phi) is 6.62. The maximum absolute atomic E-state index is 12.4. The zero-order chi connectivity index (χ0) is 20.9. The van der Waals surface area contributed by atoms with Gasteiger partial charge in [0.25, 0.3) is 5.91 Å². The van der Waals surface area contributed by atoms with Gasteiger partial charge in [-0.3, -0.25) is 15.0 Å². The first-order valence-electron chi connectivity index (χ1n) is 9.86. The highest BCUT2D eigenvalue weighted by Gasteiger charge is 2.14. The topological polar surface area (TPSA) is 57.5 Å². The van der Waals surface area contributed by atoms with Crippen molar-refractivity contribution in [2.24, 2.45) is 0 Å². The largest absolute Gasteiger partial charge is 0.451 e. The number of rotatable bonds is 5. The van der Waals surface area contributed by atoms with E-state index >= 15 is 0 Å². The minimum Gasteiger partial charge on any atom is -0.451 e. The number of halogens is 1. The molecule has 3 aromatic rings. The Labute approximate surface area is 189 Å². The molecule has 0 radical (unpaired) electrons. The maximum atomic E-state index is 12.4. The van der Waals surface area contributed by atoms with Crippen molar-refractivity contribution < 1.29 is 9.21 Å². The number of benzene rings is 2. The summed E-state index contributed by atoms with van der Waals surface area (Å²) >= 11 is 8.68. The van der Waals surface area contributed by atoms with E-state index in [1.807, 2.05) is 36.4 Å². The molecule has 0 saturated carbocycles. The molecule has 2 aromatic carbocycles. The van der Waals surface area contributed by atoms with E-state index in [9.17, 15) is 4.79 Å². The summed E-state index contributed by atoms with van der Waals surface area (Å²) in [6, 6.07) is 19.2. The lowest BCUT2D eigenvalue weighted by molar-refractivity contribution is 0.0951. The quantitative estimate of drug-likeness (QED) is 0.473. The van der Waals surface area contributed by atoms with E-state index in [2.05, 4.69) is 43.6 Å². The number of amides is 1. The molecule has 1 aliphatic heterocycles. The summed E-state index contributed by atoms with van der Waals surface area (Å²) in [6.07, 6.45) is 2.57. The van der Waals surface area contributed by atoms with Crippen molar-refractivity contribution in [3.63, 3.8) is 0 Å². The molecule has 2 heterocycles. The molecule has 154 valence electrons. The Morgan fingerprint density at radius 2 is 1.70 bits per heavy atom. The van der Waals surface area contributed by atoms with Gasteiger partial charge >= 0.3 is 0 Å². The average molecular weight is 484 g/mol. The molecule has 2 N–H and O–H groups in total. The fourth-order valence-electron chi connectivity index (χ4n) is 3.45. The predicted molar refractivity (Wildman–Crippen MR) is 126 cm³/mol. The summed E-state index contributed by atoms with van der Waals surface area (Å²) in [5.41, 5.74) is 3.00. The first kappa shape index (κ1) is 20.8. The summed E-state index contributed by atoms with van der Waals surface area (Å²) in [7, 11) is 0. The van der Waals surface area contributed by atoms with Crippen molar-refractivity contribution in [3.8, 4) is 11.3 Å². The highest BCUT2D eigenvalue weighted by Crippen LogP contribution is 2.24. The van der Waals surface area contributed by atoms with Crippen LogP contribution >= 0.6 is 28.1 Å². The Balaban J connectivity index is 1.31. The molecule has 7 heteroatoms. The number of hydrogen-bond acceptors (Lipinski definition) is 4. The molecule has 0 unspecified atom stereocenters. The van der Waals surface area contributed by atoms with Crippen LogP contribution in [-0.2, 0) is 6.54 Å². The van der Waals surface area contributed by atoms with Gasteiger partial charge in [0.2, 0.25) is 0 Å². The lowest BCUT2D eigenvalue weighted by Crippen LogP contribution is -2.33. The van der Waals surface area contributed by atoms with Crippen LogP contribution in [0.15, 0.2) is 69.6 Å². The van der Waals surface area contributed by atoms with Gasteiger partial charge in [-0.25, -0.2) is 0 Å². The van der Waals surface area contributed by atoms with E-state index < -0.39 is 0 Å². The van der Waals surface area contributed by atoms with Crippen molar-refractivity contribution in [2.45, 2.75) is 19.4 Å². The van der Waals surface area contributed by atoms with Crippen LogP contribution in [0.5, 0.6) is 0 Å². The summed E-state index contributed by atoms with van der Waals surface area (Å²) in [4.78, 5) is 14.9. The Morgan fingerprint density at radius 1 is 1.00 bits per heavy atom. The molecule has 1 amide bonds. The second-order valence-electron chi connectivity index (χ2n) is 7.26. The van der Waals surface area contributed by atoms with E-state index in [4.69, 9.17) is 16.6 Å². The first-order valence-corrected chi connectivity index (χ1v) is 11.1. The van der Waals surface area contributed by atoms with Gasteiger partial charge < -0.3 is 9.73 Å². The van der Waals surface area contributed by atoms with Crippen LogP contribution in [0, 0.1) is 0 Å². The minimum atomic E-state index is -0.387. The van der Waals surface area contributed by atoms with Crippen LogP contribution in [0.2, 0.25) is 0 Å². The van der Waals surface area contributed by atoms with Crippen molar-refractivity contribution in [1.82, 2.24) is 10.2 Å². The molecule has 1 fully saturated rings. The third-order valence-corrected chi connectivity index (χ3v) is 5.74. The van der Waals surface area contributed by atoms with Crippen molar-refractivity contribution in [3.05, 3.63) is 76.5 Å². The third-order valence-electron chi connectivity index (χ3n) is 5.00. The number of nitrogens with zero attached hydrogens (tertiary/aromatic N) is 1. The second-order valence-corrected chi connectivity index (χ2v) is 8.58. The van der Waals surface area contributed by atoms with E-state index in [0.717, 1.165) is 22.3 Å². The Bertz CT molecular complexity index is 1030. The number of anilines is 1. The standard InChI is InChI=1S/C23H22BrN3O2S/c24-18-7-5-17(6-8-18)20-11-12-21(29-20)22(28)26-23(30)25-19-9-3-16(4-10-19)15-27-13-1-2-14-27/h3-12H,1-2,13-15H2,(H2,25,26,28,30). The van der Waals surface area contributed by atoms with Crippen LogP contribution in [-0.4, -0.2) is 29.0 Å². The monoisotopic (exact) mass is 483 g/mol. The van der Waals surface area contributed by atoms with Gasteiger partial charge in [0.1, 0.15) is 5.76 Å². The van der Waals surface area contributed by atoms with Crippen LogP contribution < -0.4 is 10.6 Å². The number of carbonyl (C=O) groups is 1. The zero-order valence-electron chi connectivity index (χ0n) is 16.4. The number of hydrogen-bond donors (Lipinski definition) is 2. The predicted octanol–water partition coefficient (Wildman–Crippen LogP) is 5.43. The molecule has 1 aromatic heterocycles. The smallest absolute Gasteiger partial charge is 0.293 e. The van der Waals surface area contributed by atoms with Gasteiger partial charge in [-0.2, -0.15) is 0 Å². The fraction of sp³-hybridized carbons (Fsp3) is 0.217. The molecule has 0 atom stereocenters. The highest BCUT2D eigenvalue weighted by molar-refractivity contribution is 9.10. The number of carbonyl (C=O) groups excluding carboxylic acids is 1. The summed E-state index contributed by atoms with van der Waals surface area (Å²) < 4.78 is 6.66.